The summed E-state index contributed by atoms with van der Waals surface area (Å²) in [6, 6.07) is 0. The van der Waals surface area contributed by atoms with E-state index in [1.54, 1.807) is 0 Å². The molecular weight excluding hydrogens is 184 g/mol. The minimum atomic E-state index is -0.0261. The minimum absolute atomic E-state index is 0.0261. The number of aliphatic hydroxyl groups excluding tert-OH is 1. The highest BCUT2D eigenvalue weighted by Gasteiger charge is 2.31. The smallest absolute Gasteiger partial charge is 0.0568 e. The largest absolute Gasteiger partial charge is 0.393 e. The molecule has 1 heteroatoms. The first kappa shape index (κ1) is 13.0. The molecule has 0 bridgehead atoms. The summed E-state index contributed by atoms with van der Waals surface area (Å²) >= 11 is 0. The molecule has 0 spiro atoms. The van der Waals surface area contributed by atoms with Crippen molar-refractivity contribution in [3.63, 3.8) is 0 Å². The lowest BCUT2D eigenvalue weighted by molar-refractivity contribution is 0.0413. The van der Waals surface area contributed by atoms with Crippen molar-refractivity contribution in [2.45, 2.75) is 71.8 Å². The zero-order valence-corrected chi connectivity index (χ0v) is 10.7. The van der Waals surface area contributed by atoms with E-state index in [1.165, 1.54) is 32.1 Å². The second kappa shape index (κ2) is 6.52. The van der Waals surface area contributed by atoms with Crippen molar-refractivity contribution >= 4 is 0 Å². The van der Waals surface area contributed by atoms with Crippen molar-refractivity contribution in [3.05, 3.63) is 0 Å². The van der Waals surface area contributed by atoms with Crippen LogP contribution in [0.1, 0.15) is 65.7 Å². The van der Waals surface area contributed by atoms with Crippen molar-refractivity contribution in [1.29, 1.82) is 0 Å². The van der Waals surface area contributed by atoms with Crippen LogP contribution in [0.15, 0.2) is 0 Å². The van der Waals surface area contributed by atoms with E-state index >= 15 is 0 Å². The predicted octanol–water partition coefficient (Wildman–Crippen LogP) is 4.00. The van der Waals surface area contributed by atoms with Crippen LogP contribution < -0.4 is 0 Å². The van der Waals surface area contributed by atoms with Crippen molar-refractivity contribution in [2.75, 3.05) is 0 Å². The second-order valence-electron chi connectivity index (χ2n) is 5.27. The fraction of sp³-hybridized carbons (Fsp3) is 1.00. The summed E-state index contributed by atoms with van der Waals surface area (Å²) in [4.78, 5) is 0. The van der Waals surface area contributed by atoms with Gasteiger partial charge in [-0.15, -0.1) is 0 Å². The molecule has 0 aromatic rings. The van der Waals surface area contributed by atoms with Crippen molar-refractivity contribution in [2.24, 2.45) is 17.8 Å². The van der Waals surface area contributed by atoms with Gasteiger partial charge in [-0.1, -0.05) is 40.0 Å². The second-order valence-corrected chi connectivity index (χ2v) is 5.27. The Morgan fingerprint density at radius 3 is 2.27 bits per heavy atom. The van der Waals surface area contributed by atoms with E-state index in [0.717, 1.165) is 24.7 Å². The zero-order chi connectivity index (χ0) is 11.3. The van der Waals surface area contributed by atoms with E-state index in [9.17, 15) is 5.11 Å². The third-order valence-corrected chi connectivity index (χ3v) is 4.36. The van der Waals surface area contributed by atoms with Gasteiger partial charge in [0.15, 0.2) is 0 Å². The Kier molecular flexibility index (Phi) is 5.66. The standard InChI is InChI=1S/C14H28O/c1-4-7-14(15)13-9-8-11(5-2)12(6-3)10-13/h11-15H,4-10H2,1-3H3/t11?,12-,13?,14?/m0/s1. The van der Waals surface area contributed by atoms with Gasteiger partial charge in [0.2, 0.25) is 0 Å². The van der Waals surface area contributed by atoms with Crippen LogP contribution in [-0.4, -0.2) is 11.2 Å². The van der Waals surface area contributed by atoms with Gasteiger partial charge in [-0.3, -0.25) is 0 Å². The van der Waals surface area contributed by atoms with Crippen LogP contribution in [0.3, 0.4) is 0 Å². The fourth-order valence-electron chi connectivity index (χ4n) is 3.28. The summed E-state index contributed by atoms with van der Waals surface area (Å²) in [5.74, 6) is 2.40. The fourth-order valence-corrected chi connectivity index (χ4v) is 3.28. The average molecular weight is 212 g/mol. The van der Waals surface area contributed by atoms with E-state index in [0.29, 0.717) is 5.92 Å². The molecule has 4 atom stereocenters. The van der Waals surface area contributed by atoms with Crippen LogP contribution in [-0.2, 0) is 0 Å². The minimum Gasteiger partial charge on any atom is -0.393 e. The topological polar surface area (TPSA) is 20.2 Å². The molecule has 3 unspecified atom stereocenters. The first-order valence-corrected chi connectivity index (χ1v) is 6.90. The van der Waals surface area contributed by atoms with Crippen LogP contribution in [0, 0.1) is 17.8 Å². The Bertz CT molecular complexity index is 167. The van der Waals surface area contributed by atoms with E-state index in [-0.39, 0.29) is 6.10 Å². The maximum Gasteiger partial charge on any atom is 0.0568 e. The molecular formula is C14H28O. The molecule has 1 aliphatic rings. The molecule has 0 heterocycles. The number of hydrogen-bond acceptors (Lipinski definition) is 1. The molecule has 90 valence electrons. The maximum absolute atomic E-state index is 10.0. The molecule has 1 fully saturated rings. The van der Waals surface area contributed by atoms with Crippen LogP contribution in [0.4, 0.5) is 0 Å². The van der Waals surface area contributed by atoms with Gasteiger partial charge in [0, 0.05) is 0 Å². The lowest BCUT2D eigenvalue weighted by Gasteiger charge is -2.37. The molecule has 0 aromatic carbocycles. The first-order chi connectivity index (χ1) is 7.22. The quantitative estimate of drug-likeness (QED) is 0.730. The molecule has 15 heavy (non-hydrogen) atoms. The third kappa shape index (κ3) is 3.48. The molecule has 0 radical (unpaired) electrons. The van der Waals surface area contributed by atoms with E-state index in [2.05, 4.69) is 20.8 Å². The highest BCUT2D eigenvalue weighted by Crippen LogP contribution is 2.39. The number of aliphatic hydroxyl groups is 1. The molecule has 1 nitrogen and oxygen atoms in total. The van der Waals surface area contributed by atoms with Crippen molar-refractivity contribution in [1.82, 2.24) is 0 Å². The van der Waals surface area contributed by atoms with E-state index in [4.69, 9.17) is 0 Å². The summed E-state index contributed by atoms with van der Waals surface area (Å²) in [5.41, 5.74) is 0. The van der Waals surface area contributed by atoms with Crippen LogP contribution in [0.2, 0.25) is 0 Å². The van der Waals surface area contributed by atoms with Gasteiger partial charge in [-0.2, -0.15) is 0 Å². The summed E-state index contributed by atoms with van der Waals surface area (Å²) in [7, 11) is 0. The Hall–Kier alpha value is -0.0400. The number of rotatable bonds is 5. The predicted molar refractivity (Wildman–Crippen MR) is 65.8 cm³/mol. The average Bonchev–Trinajstić information content (AvgIpc) is 2.28. The lowest BCUT2D eigenvalue weighted by Crippen LogP contribution is -2.31. The zero-order valence-electron chi connectivity index (χ0n) is 10.7. The Morgan fingerprint density at radius 2 is 1.73 bits per heavy atom. The summed E-state index contributed by atoms with van der Waals surface area (Å²) in [6.07, 6.45) is 8.60. The van der Waals surface area contributed by atoms with Crippen LogP contribution >= 0.6 is 0 Å². The van der Waals surface area contributed by atoms with E-state index < -0.39 is 0 Å². The maximum atomic E-state index is 10.0. The van der Waals surface area contributed by atoms with Crippen molar-refractivity contribution in [3.8, 4) is 0 Å². The molecule has 0 amide bonds. The van der Waals surface area contributed by atoms with Crippen molar-refractivity contribution < 1.29 is 5.11 Å². The number of hydrogen-bond donors (Lipinski definition) is 1. The van der Waals surface area contributed by atoms with Gasteiger partial charge in [0.1, 0.15) is 0 Å². The molecule has 1 saturated carbocycles. The van der Waals surface area contributed by atoms with Gasteiger partial charge in [-0.05, 0) is 43.4 Å². The lowest BCUT2D eigenvalue weighted by atomic mass is 9.70. The van der Waals surface area contributed by atoms with Gasteiger partial charge >= 0.3 is 0 Å². The molecule has 1 rings (SSSR count). The van der Waals surface area contributed by atoms with Crippen LogP contribution in [0.25, 0.3) is 0 Å². The summed E-state index contributed by atoms with van der Waals surface area (Å²) < 4.78 is 0. The summed E-state index contributed by atoms with van der Waals surface area (Å²) in [6.45, 7) is 6.79. The van der Waals surface area contributed by atoms with Gasteiger partial charge in [0.25, 0.3) is 0 Å². The normalized spacial score (nSPS) is 34.0. The van der Waals surface area contributed by atoms with Gasteiger partial charge in [-0.25, -0.2) is 0 Å². The Labute approximate surface area is 95.3 Å². The Morgan fingerprint density at radius 1 is 1.07 bits per heavy atom. The summed E-state index contributed by atoms with van der Waals surface area (Å²) in [5, 5.41) is 10.0. The molecule has 1 aliphatic carbocycles. The van der Waals surface area contributed by atoms with Gasteiger partial charge in [0.05, 0.1) is 6.10 Å². The Balaban J connectivity index is 2.45. The molecule has 0 aliphatic heterocycles. The third-order valence-electron chi connectivity index (χ3n) is 4.36. The molecule has 1 N–H and O–H groups in total. The van der Waals surface area contributed by atoms with E-state index in [1.807, 2.05) is 0 Å². The first-order valence-electron chi connectivity index (χ1n) is 6.90. The van der Waals surface area contributed by atoms with Crippen LogP contribution in [0.5, 0.6) is 0 Å². The monoisotopic (exact) mass is 212 g/mol. The molecule has 0 aromatic heterocycles. The SMILES string of the molecule is CCCC(O)C1CCC(CC)[C@@H](CC)C1. The highest BCUT2D eigenvalue weighted by atomic mass is 16.3. The molecule has 0 saturated heterocycles. The van der Waals surface area contributed by atoms with Gasteiger partial charge < -0.3 is 5.11 Å². The highest BCUT2D eigenvalue weighted by molar-refractivity contribution is 4.82.